The Kier molecular flexibility index (Phi) is 4.97. The monoisotopic (exact) mass is 298 g/mol. The molecule has 0 radical (unpaired) electrons. The van der Waals surface area contributed by atoms with Crippen LogP contribution in [0.15, 0.2) is 24.3 Å². The second-order valence-electron chi connectivity index (χ2n) is 6.54. The third-order valence-corrected chi connectivity index (χ3v) is 5.02. The molecule has 0 aromatic heterocycles. The third kappa shape index (κ3) is 3.60. The van der Waals surface area contributed by atoms with E-state index in [-0.39, 0.29) is 0 Å². The Morgan fingerprint density at radius 3 is 2.23 bits per heavy atom. The highest BCUT2D eigenvalue weighted by Crippen LogP contribution is 2.18. The predicted octanol–water partition coefficient (Wildman–Crippen LogP) is 2.16. The van der Waals surface area contributed by atoms with Gasteiger partial charge in [-0.15, -0.1) is 0 Å². The number of hydrogen-bond acceptors (Lipinski definition) is 4. The van der Waals surface area contributed by atoms with E-state index < -0.39 is 0 Å². The molecule has 2 saturated heterocycles. The first-order chi connectivity index (χ1) is 10.8. The zero-order valence-electron chi connectivity index (χ0n) is 13.5. The summed E-state index contributed by atoms with van der Waals surface area (Å²) in [6.07, 6.45) is 2.74. The van der Waals surface area contributed by atoms with Gasteiger partial charge in [0.05, 0.1) is 11.6 Å². The molecule has 1 aromatic carbocycles. The van der Waals surface area contributed by atoms with Crippen molar-refractivity contribution in [2.75, 3.05) is 50.7 Å². The highest BCUT2D eigenvalue weighted by molar-refractivity contribution is 5.50. The van der Waals surface area contributed by atoms with Crippen LogP contribution < -0.4 is 4.90 Å². The standard InChI is InChI=1S/C18H26N4/c1-16(21-8-2-3-9-21)15-20-10-12-22(13-11-20)18-6-4-17(14-19)5-7-18/h4-7,16H,2-3,8-13,15H2,1H3/t16-/m1/s1. The number of nitrogens with zero attached hydrogens (tertiary/aromatic N) is 4. The maximum absolute atomic E-state index is 8.87. The molecule has 0 amide bonds. The van der Waals surface area contributed by atoms with Gasteiger partial charge in [0, 0.05) is 44.5 Å². The molecule has 2 aliphatic heterocycles. The fourth-order valence-electron chi connectivity index (χ4n) is 3.61. The van der Waals surface area contributed by atoms with Gasteiger partial charge < -0.3 is 4.90 Å². The van der Waals surface area contributed by atoms with Crippen molar-refractivity contribution in [2.45, 2.75) is 25.8 Å². The highest BCUT2D eigenvalue weighted by Gasteiger charge is 2.23. The first-order valence-electron chi connectivity index (χ1n) is 8.48. The maximum atomic E-state index is 8.87. The van der Waals surface area contributed by atoms with Crippen molar-refractivity contribution in [2.24, 2.45) is 0 Å². The molecule has 0 unspecified atom stereocenters. The minimum absolute atomic E-state index is 0.684. The lowest BCUT2D eigenvalue weighted by molar-refractivity contribution is 0.165. The van der Waals surface area contributed by atoms with Gasteiger partial charge in [0.2, 0.25) is 0 Å². The van der Waals surface area contributed by atoms with Crippen LogP contribution in [-0.2, 0) is 0 Å². The second kappa shape index (κ2) is 7.13. The number of anilines is 1. The average molecular weight is 298 g/mol. The Hall–Kier alpha value is -1.57. The van der Waals surface area contributed by atoms with Crippen molar-refractivity contribution in [3.05, 3.63) is 29.8 Å². The normalized spacial score (nSPS) is 21.7. The largest absolute Gasteiger partial charge is 0.369 e. The Morgan fingerprint density at radius 1 is 1.00 bits per heavy atom. The van der Waals surface area contributed by atoms with Crippen LogP contribution in [0.25, 0.3) is 0 Å². The number of rotatable bonds is 4. The van der Waals surface area contributed by atoms with Crippen LogP contribution in [0.3, 0.4) is 0 Å². The number of piperazine rings is 1. The number of benzene rings is 1. The Balaban J connectivity index is 1.48. The van der Waals surface area contributed by atoms with Crippen LogP contribution in [0.2, 0.25) is 0 Å². The SMILES string of the molecule is C[C@H](CN1CCN(c2ccc(C#N)cc2)CC1)N1CCCC1. The van der Waals surface area contributed by atoms with Gasteiger partial charge in [0.15, 0.2) is 0 Å². The van der Waals surface area contributed by atoms with Crippen LogP contribution in [0.1, 0.15) is 25.3 Å². The molecule has 4 heteroatoms. The first kappa shape index (κ1) is 15.3. The van der Waals surface area contributed by atoms with Crippen molar-refractivity contribution in [1.29, 1.82) is 5.26 Å². The first-order valence-corrected chi connectivity index (χ1v) is 8.48. The average Bonchev–Trinajstić information content (AvgIpc) is 3.10. The van der Waals surface area contributed by atoms with Crippen LogP contribution >= 0.6 is 0 Å². The van der Waals surface area contributed by atoms with E-state index >= 15 is 0 Å². The molecule has 1 atom stereocenters. The maximum Gasteiger partial charge on any atom is 0.0991 e. The molecular weight excluding hydrogens is 272 g/mol. The molecule has 22 heavy (non-hydrogen) atoms. The summed E-state index contributed by atoms with van der Waals surface area (Å²) in [4.78, 5) is 7.66. The Morgan fingerprint density at radius 2 is 1.64 bits per heavy atom. The lowest BCUT2D eigenvalue weighted by Crippen LogP contribution is -2.50. The fourth-order valence-corrected chi connectivity index (χ4v) is 3.61. The summed E-state index contributed by atoms with van der Waals surface area (Å²) in [5, 5.41) is 8.87. The summed E-state index contributed by atoms with van der Waals surface area (Å²) in [5.74, 6) is 0. The lowest BCUT2D eigenvalue weighted by atomic mass is 10.2. The second-order valence-corrected chi connectivity index (χ2v) is 6.54. The van der Waals surface area contributed by atoms with Gasteiger partial charge in [-0.3, -0.25) is 9.80 Å². The van der Waals surface area contributed by atoms with Gasteiger partial charge in [-0.25, -0.2) is 0 Å². The minimum atomic E-state index is 0.684. The van der Waals surface area contributed by atoms with E-state index in [1.165, 1.54) is 38.2 Å². The quantitative estimate of drug-likeness (QED) is 0.853. The number of hydrogen-bond donors (Lipinski definition) is 0. The molecule has 2 fully saturated rings. The van der Waals surface area contributed by atoms with Crippen molar-refractivity contribution >= 4 is 5.69 Å². The van der Waals surface area contributed by atoms with E-state index in [0.29, 0.717) is 6.04 Å². The summed E-state index contributed by atoms with van der Waals surface area (Å²) in [5.41, 5.74) is 1.98. The van der Waals surface area contributed by atoms with Gasteiger partial charge in [-0.05, 0) is 57.1 Å². The zero-order chi connectivity index (χ0) is 15.4. The molecule has 2 aliphatic rings. The molecular formula is C18H26N4. The van der Waals surface area contributed by atoms with E-state index in [0.717, 1.165) is 31.7 Å². The van der Waals surface area contributed by atoms with Gasteiger partial charge in [-0.1, -0.05) is 0 Å². The number of nitriles is 1. The van der Waals surface area contributed by atoms with Crippen molar-refractivity contribution < 1.29 is 0 Å². The number of likely N-dealkylation sites (tertiary alicyclic amines) is 1. The van der Waals surface area contributed by atoms with Gasteiger partial charge in [0.25, 0.3) is 0 Å². The van der Waals surface area contributed by atoms with Gasteiger partial charge >= 0.3 is 0 Å². The summed E-state index contributed by atoms with van der Waals surface area (Å²) in [7, 11) is 0. The summed E-state index contributed by atoms with van der Waals surface area (Å²) in [6, 6.07) is 10.8. The van der Waals surface area contributed by atoms with Crippen LogP contribution in [0.4, 0.5) is 5.69 Å². The zero-order valence-corrected chi connectivity index (χ0v) is 13.5. The fraction of sp³-hybridized carbons (Fsp3) is 0.611. The molecule has 118 valence electrons. The van der Waals surface area contributed by atoms with Crippen molar-refractivity contribution in [1.82, 2.24) is 9.80 Å². The molecule has 0 N–H and O–H groups in total. The van der Waals surface area contributed by atoms with Crippen LogP contribution in [-0.4, -0.2) is 61.7 Å². The predicted molar refractivity (Wildman–Crippen MR) is 90.1 cm³/mol. The molecule has 2 heterocycles. The molecule has 0 aliphatic carbocycles. The van der Waals surface area contributed by atoms with Crippen LogP contribution in [0, 0.1) is 11.3 Å². The molecule has 0 bridgehead atoms. The highest BCUT2D eigenvalue weighted by atomic mass is 15.3. The topological polar surface area (TPSA) is 33.5 Å². The Labute approximate surface area is 133 Å². The van der Waals surface area contributed by atoms with Crippen LogP contribution in [0.5, 0.6) is 0 Å². The molecule has 0 saturated carbocycles. The Bertz CT molecular complexity index is 505. The van der Waals surface area contributed by atoms with E-state index in [9.17, 15) is 0 Å². The molecule has 4 nitrogen and oxygen atoms in total. The van der Waals surface area contributed by atoms with E-state index in [2.05, 4.69) is 39.8 Å². The smallest absolute Gasteiger partial charge is 0.0991 e. The molecule has 3 rings (SSSR count). The van der Waals surface area contributed by atoms with Crippen molar-refractivity contribution in [3.8, 4) is 6.07 Å². The minimum Gasteiger partial charge on any atom is -0.369 e. The van der Waals surface area contributed by atoms with E-state index in [1.54, 1.807) is 0 Å². The van der Waals surface area contributed by atoms with Crippen molar-refractivity contribution in [3.63, 3.8) is 0 Å². The third-order valence-electron chi connectivity index (χ3n) is 5.02. The lowest BCUT2D eigenvalue weighted by Gasteiger charge is -2.38. The molecule has 1 aromatic rings. The summed E-state index contributed by atoms with van der Waals surface area (Å²) in [6.45, 7) is 10.6. The molecule has 0 spiro atoms. The van der Waals surface area contributed by atoms with Gasteiger partial charge in [-0.2, -0.15) is 5.26 Å². The summed E-state index contributed by atoms with van der Waals surface area (Å²) < 4.78 is 0. The summed E-state index contributed by atoms with van der Waals surface area (Å²) >= 11 is 0. The van der Waals surface area contributed by atoms with E-state index in [4.69, 9.17) is 5.26 Å². The van der Waals surface area contributed by atoms with E-state index in [1.807, 2.05) is 12.1 Å². The van der Waals surface area contributed by atoms with Gasteiger partial charge in [0.1, 0.15) is 0 Å².